The van der Waals surface area contributed by atoms with Gasteiger partial charge >= 0.3 is 0 Å². The summed E-state index contributed by atoms with van der Waals surface area (Å²) >= 11 is 3.48. The lowest BCUT2D eigenvalue weighted by Gasteiger charge is -2.27. The zero-order valence-electron chi connectivity index (χ0n) is 7.76. The summed E-state index contributed by atoms with van der Waals surface area (Å²) in [7, 11) is 0. The highest BCUT2D eigenvalue weighted by molar-refractivity contribution is 9.10. The first-order valence-corrected chi connectivity index (χ1v) is 5.50. The molecule has 1 nitrogen and oxygen atoms in total. The monoisotopic (exact) mass is 239 g/mol. The summed E-state index contributed by atoms with van der Waals surface area (Å²) in [6.45, 7) is 2.27. The number of benzene rings is 1. The predicted molar refractivity (Wildman–Crippen MR) is 58.6 cm³/mol. The molecule has 0 radical (unpaired) electrons. The van der Waals surface area contributed by atoms with E-state index in [0.717, 1.165) is 16.8 Å². The summed E-state index contributed by atoms with van der Waals surface area (Å²) in [6, 6.07) is 6.68. The van der Waals surface area contributed by atoms with Crippen LogP contribution in [0.4, 0.5) is 0 Å². The minimum absolute atomic E-state index is 0.233. The van der Waals surface area contributed by atoms with Crippen LogP contribution in [0.2, 0.25) is 0 Å². The highest BCUT2D eigenvalue weighted by Crippen LogP contribution is 2.32. The van der Waals surface area contributed by atoms with E-state index in [2.05, 4.69) is 41.1 Å². The first kappa shape index (κ1) is 9.22. The zero-order chi connectivity index (χ0) is 9.42. The van der Waals surface area contributed by atoms with Gasteiger partial charge in [0, 0.05) is 10.5 Å². The second kappa shape index (κ2) is 3.43. The lowest BCUT2D eigenvalue weighted by Crippen LogP contribution is -2.22. The Morgan fingerprint density at radius 1 is 1.46 bits per heavy atom. The topological polar surface area (TPSA) is 26.0 Å². The lowest BCUT2D eigenvalue weighted by molar-refractivity contribution is 0.439. The van der Waals surface area contributed by atoms with Crippen molar-refractivity contribution in [2.75, 3.05) is 0 Å². The van der Waals surface area contributed by atoms with Crippen molar-refractivity contribution in [3.05, 3.63) is 33.8 Å². The molecular formula is C11H14BrN. The van der Waals surface area contributed by atoms with Crippen LogP contribution in [-0.2, 0) is 6.42 Å². The van der Waals surface area contributed by atoms with E-state index in [1.54, 1.807) is 0 Å². The molecular weight excluding hydrogens is 226 g/mol. The summed E-state index contributed by atoms with van der Waals surface area (Å²) in [5, 5.41) is 0. The fourth-order valence-electron chi connectivity index (χ4n) is 2.12. The molecule has 2 heteroatoms. The van der Waals surface area contributed by atoms with Gasteiger partial charge in [0.2, 0.25) is 0 Å². The van der Waals surface area contributed by atoms with Gasteiger partial charge in [-0.1, -0.05) is 28.9 Å². The van der Waals surface area contributed by atoms with Crippen LogP contribution in [0.1, 0.15) is 30.5 Å². The van der Waals surface area contributed by atoms with Gasteiger partial charge in [0.25, 0.3) is 0 Å². The van der Waals surface area contributed by atoms with Gasteiger partial charge in [-0.05, 0) is 42.0 Å². The van der Waals surface area contributed by atoms with Crippen molar-refractivity contribution in [3.8, 4) is 0 Å². The number of rotatable bonds is 0. The van der Waals surface area contributed by atoms with Crippen molar-refractivity contribution in [1.29, 1.82) is 0 Å². The molecule has 0 saturated heterocycles. The number of halogens is 1. The molecule has 1 aromatic carbocycles. The number of hydrogen-bond donors (Lipinski definition) is 1. The fourth-order valence-corrected chi connectivity index (χ4v) is 2.49. The van der Waals surface area contributed by atoms with Crippen LogP contribution in [0.15, 0.2) is 22.7 Å². The Morgan fingerprint density at radius 3 is 3.00 bits per heavy atom. The summed E-state index contributed by atoms with van der Waals surface area (Å²) in [6.07, 6.45) is 2.29. The van der Waals surface area contributed by atoms with Gasteiger partial charge in [-0.25, -0.2) is 0 Å². The number of hydrogen-bond acceptors (Lipinski definition) is 1. The van der Waals surface area contributed by atoms with Crippen LogP contribution in [0.5, 0.6) is 0 Å². The first-order valence-electron chi connectivity index (χ1n) is 4.70. The van der Waals surface area contributed by atoms with E-state index in [1.807, 2.05) is 0 Å². The largest absolute Gasteiger partial charge is 0.324 e. The first-order chi connectivity index (χ1) is 6.16. The van der Waals surface area contributed by atoms with Gasteiger partial charge in [0.05, 0.1) is 0 Å². The maximum Gasteiger partial charge on any atom is 0.0300 e. The van der Waals surface area contributed by atoms with Crippen molar-refractivity contribution < 1.29 is 0 Å². The molecule has 0 heterocycles. The maximum absolute atomic E-state index is 6.08. The third-order valence-electron chi connectivity index (χ3n) is 2.73. The molecule has 0 fully saturated rings. The van der Waals surface area contributed by atoms with Gasteiger partial charge in [0.15, 0.2) is 0 Å². The third kappa shape index (κ3) is 1.79. The van der Waals surface area contributed by atoms with E-state index in [-0.39, 0.29) is 6.04 Å². The average Bonchev–Trinajstić information content (AvgIpc) is 2.06. The van der Waals surface area contributed by atoms with Gasteiger partial charge in [-0.2, -0.15) is 0 Å². The van der Waals surface area contributed by atoms with Crippen molar-refractivity contribution in [2.24, 2.45) is 11.7 Å². The summed E-state index contributed by atoms with van der Waals surface area (Å²) in [5.41, 5.74) is 8.84. The van der Waals surface area contributed by atoms with Crippen molar-refractivity contribution in [1.82, 2.24) is 0 Å². The minimum atomic E-state index is 0.233. The molecule has 1 aliphatic rings. The Morgan fingerprint density at radius 2 is 2.23 bits per heavy atom. The molecule has 1 aliphatic carbocycles. The van der Waals surface area contributed by atoms with E-state index in [0.29, 0.717) is 0 Å². The van der Waals surface area contributed by atoms with E-state index >= 15 is 0 Å². The predicted octanol–water partition coefficient (Wildman–Crippen LogP) is 3.03. The molecule has 0 aromatic heterocycles. The molecule has 13 heavy (non-hydrogen) atoms. The van der Waals surface area contributed by atoms with Crippen molar-refractivity contribution >= 4 is 15.9 Å². The Kier molecular flexibility index (Phi) is 2.43. The highest BCUT2D eigenvalue weighted by Gasteiger charge is 2.21. The fraction of sp³-hybridized carbons (Fsp3) is 0.455. The molecule has 2 atom stereocenters. The zero-order valence-corrected chi connectivity index (χ0v) is 9.34. The summed E-state index contributed by atoms with van der Waals surface area (Å²) in [4.78, 5) is 0. The van der Waals surface area contributed by atoms with Crippen molar-refractivity contribution in [2.45, 2.75) is 25.8 Å². The number of nitrogens with two attached hydrogens (primary N) is 1. The summed E-state index contributed by atoms with van der Waals surface area (Å²) in [5.74, 6) is 0.726. The normalized spacial score (nSPS) is 27.0. The Balaban J connectivity index is 2.43. The quantitative estimate of drug-likeness (QED) is 0.741. The van der Waals surface area contributed by atoms with Gasteiger partial charge < -0.3 is 5.73 Å². The molecule has 1 aromatic rings. The molecule has 0 amide bonds. The van der Waals surface area contributed by atoms with E-state index < -0.39 is 0 Å². The van der Waals surface area contributed by atoms with Crippen LogP contribution < -0.4 is 5.73 Å². The Bertz CT molecular complexity index is 322. The van der Waals surface area contributed by atoms with Gasteiger partial charge in [-0.15, -0.1) is 0 Å². The molecule has 2 N–H and O–H groups in total. The van der Waals surface area contributed by atoms with Crippen LogP contribution in [0.25, 0.3) is 0 Å². The lowest BCUT2D eigenvalue weighted by atomic mass is 9.82. The average molecular weight is 240 g/mol. The molecule has 0 bridgehead atoms. The highest BCUT2D eigenvalue weighted by atomic mass is 79.9. The Labute approximate surface area is 87.5 Å². The standard InChI is InChI=1S/C11H14BrN/c1-7-4-8-2-3-9(12)6-10(8)11(13)5-7/h2-3,6-7,11H,4-5,13H2,1H3. The molecule has 0 spiro atoms. The smallest absolute Gasteiger partial charge is 0.0300 e. The maximum atomic E-state index is 6.08. The summed E-state index contributed by atoms with van der Waals surface area (Å²) < 4.78 is 1.14. The van der Waals surface area contributed by atoms with Gasteiger partial charge in [-0.3, -0.25) is 0 Å². The molecule has 0 saturated carbocycles. The van der Waals surface area contributed by atoms with E-state index in [1.165, 1.54) is 17.5 Å². The molecule has 2 rings (SSSR count). The van der Waals surface area contributed by atoms with Crippen LogP contribution in [-0.4, -0.2) is 0 Å². The number of fused-ring (bicyclic) bond motifs is 1. The van der Waals surface area contributed by atoms with Crippen molar-refractivity contribution in [3.63, 3.8) is 0 Å². The van der Waals surface area contributed by atoms with Gasteiger partial charge in [0.1, 0.15) is 0 Å². The van der Waals surface area contributed by atoms with E-state index in [4.69, 9.17) is 5.73 Å². The van der Waals surface area contributed by atoms with E-state index in [9.17, 15) is 0 Å². The molecule has 70 valence electrons. The minimum Gasteiger partial charge on any atom is -0.324 e. The molecule has 2 unspecified atom stereocenters. The third-order valence-corrected chi connectivity index (χ3v) is 3.23. The Hall–Kier alpha value is -0.340. The van der Waals surface area contributed by atoms with Crippen LogP contribution >= 0.6 is 15.9 Å². The van der Waals surface area contributed by atoms with Crippen LogP contribution in [0, 0.1) is 5.92 Å². The second-order valence-electron chi connectivity index (χ2n) is 3.99. The van der Waals surface area contributed by atoms with Crippen LogP contribution in [0.3, 0.4) is 0 Å². The molecule has 0 aliphatic heterocycles. The SMILES string of the molecule is CC1Cc2ccc(Br)cc2C(N)C1. The second-order valence-corrected chi connectivity index (χ2v) is 4.91.